The summed E-state index contributed by atoms with van der Waals surface area (Å²) in [6.07, 6.45) is -2.36. The third kappa shape index (κ3) is 2.88. The van der Waals surface area contributed by atoms with E-state index in [-0.39, 0.29) is 24.3 Å². The second kappa shape index (κ2) is 5.34. The topological polar surface area (TPSA) is 64.2 Å². The zero-order valence-electron chi connectivity index (χ0n) is 11.2. The summed E-state index contributed by atoms with van der Waals surface area (Å²) in [5.41, 5.74) is 5.93. The number of nitrogen functional groups attached to an aromatic ring is 1. The summed E-state index contributed by atoms with van der Waals surface area (Å²) in [5.74, 6) is -1.99. The molecular weight excluding hydrogens is 273 g/mol. The average molecular weight is 290 g/mol. The van der Waals surface area contributed by atoms with Gasteiger partial charge in [0, 0.05) is 25.8 Å². The molecule has 0 aliphatic carbocycles. The lowest BCUT2D eigenvalue weighted by molar-refractivity contribution is -0.184. The van der Waals surface area contributed by atoms with Crippen LogP contribution in [0.3, 0.4) is 0 Å². The van der Waals surface area contributed by atoms with E-state index in [1.54, 1.807) is 0 Å². The van der Waals surface area contributed by atoms with Crippen molar-refractivity contribution < 1.29 is 18.0 Å². The summed E-state index contributed by atoms with van der Waals surface area (Å²) >= 11 is 0. The Hall–Kier alpha value is -1.73. The van der Waals surface area contributed by atoms with Crippen molar-refractivity contribution in [2.45, 2.75) is 32.5 Å². The van der Waals surface area contributed by atoms with Gasteiger partial charge in [-0.1, -0.05) is 0 Å². The van der Waals surface area contributed by atoms with Gasteiger partial charge in [0.2, 0.25) is 0 Å². The van der Waals surface area contributed by atoms with Crippen molar-refractivity contribution in [2.75, 3.05) is 18.8 Å². The fraction of sp³-hybridized carbons (Fsp3) is 0.667. The van der Waals surface area contributed by atoms with E-state index in [1.807, 2.05) is 6.92 Å². The van der Waals surface area contributed by atoms with Crippen molar-refractivity contribution in [3.05, 3.63) is 11.9 Å². The molecule has 112 valence electrons. The van der Waals surface area contributed by atoms with Crippen LogP contribution in [0, 0.1) is 5.92 Å². The van der Waals surface area contributed by atoms with E-state index < -0.39 is 18.0 Å². The lowest BCUT2D eigenvalue weighted by Crippen LogP contribution is -2.44. The maximum Gasteiger partial charge on any atom is 0.393 e. The number of aromatic nitrogens is 2. The van der Waals surface area contributed by atoms with Crippen LogP contribution in [0.4, 0.5) is 18.9 Å². The van der Waals surface area contributed by atoms with Crippen molar-refractivity contribution in [3.8, 4) is 0 Å². The molecule has 2 heterocycles. The van der Waals surface area contributed by atoms with Crippen molar-refractivity contribution in [1.82, 2.24) is 14.7 Å². The van der Waals surface area contributed by atoms with Gasteiger partial charge in [-0.25, -0.2) is 0 Å². The van der Waals surface area contributed by atoms with Gasteiger partial charge in [0.1, 0.15) is 0 Å². The number of halogens is 3. The summed E-state index contributed by atoms with van der Waals surface area (Å²) in [6.45, 7) is 2.37. The summed E-state index contributed by atoms with van der Waals surface area (Å²) in [5, 5.41) is 4.01. The van der Waals surface area contributed by atoms with E-state index in [2.05, 4.69) is 5.10 Å². The predicted molar refractivity (Wildman–Crippen MR) is 67.0 cm³/mol. The molecule has 1 saturated heterocycles. The normalized spacial score (nSPS) is 20.2. The van der Waals surface area contributed by atoms with Crippen LogP contribution in [0.5, 0.6) is 0 Å². The number of hydrogen-bond donors (Lipinski definition) is 1. The highest BCUT2D eigenvalue weighted by molar-refractivity contribution is 5.97. The van der Waals surface area contributed by atoms with E-state index in [0.717, 1.165) is 0 Å². The molecule has 2 rings (SSSR count). The van der Waals surface area contributed by atoms with Gasteiger partial charge in [0.05, 0.1) is 11.6 Å². The average Bonchev–Trinajstić information content (AvgIpc) is 2.78. The van der Waals surface area contributed by atoms with E-state index in [9.17, 15) is 18.0 Å². The number of aryl methyl sites for hydroxylation is 1. The zero-order valence-corrected chi connectivity index (χ0v) is 11.2. The molecule has 2 N–H and O–H groups in total. The fourth-order valence-electron chi connectivity index (χ4n) is 2.34. The Morgan fingerprint density at radius 1 is 1.55 bits per heavy atom. The molecule has 1 aliphatic rings. The zero-order chi connectivity index (χ0) is 14.9. The minimum Gasteiger partial charge on any atom is -0.396 e. The van der Waals surface area contributed by atoms with Gasteiger partial charge in [0.25, 0.3) is 5.91 Å². The number of carbonyl (C=O) groups excluding carboxylic acids is 1. The number of anilines is 1. The molecule has 8 heteroatoms. The Balaban J connectivity index is 2.14. The van der Waals surface area contributed by atoms with Crippen LogP contribution in [-0.2, 0) is 6.54 Å². The molecule has 0 saturated carbocycles. The Bertz CT molecular complexity index is 497. The van der Waals surface area contributed by atoms with Gasteiger partial charge in [-0.15, -0.1) is 0 Å². The number of amides is 1. The molecule has 0 radical (unpaired) electrons. The summed E-state index contributed by atoms with van der Waals surface area (Å²) in [4.78, 5) is 13.4. The van der Waals surface area contributed by atoms with Crippen molar-refractivity contribution in [3.63, 3.8) is 0 Å². The number of carbonyl (C=O) groups is 1. The number of alkyl halides is 3. The number of rotatable bonds is 2. The first kappa shape index (κ1) is 14.7. The van der Waals surface area contributed by atoms with Crippen LogP contribution in [0.15, 0.2) is 6.20 Å². The molecule has 0 spiro atoms. The summed E-state index contributed by atoms with van der Waals surface area (Å²) in [7, 11) is 0. The minimum absolute atomic E-state index is 0.0367. The molecular formula is C12H17F3N4O. The molecule has 1 amide bonds. The second-order valence-corrected chi connectivity index (χ2v) is 4.92. The minimum atomic E-state index is -4.27. The standard InChI is InChI=1S/C12H17F3N4O/c1-2-19-7-9(16)10(17-19)11(20)18-5-3-4-8(6-18)12(13,14)15/h7-8H,2-6,16H2,1H3. The quantitative estimate of drug-likeness (QED) is 0.904. The monoisotopic (exact) mass is 290 g/mol. The van der Waals surface area contributed by atoms with Gasteiger partial charge < -0.3 is 10.6 Å². The number of nitrogens with zero attached hydrogens (tertiary/aromatic N) is 3. The maximum absolute atomic E-state index is 12.7. The summed E-state index contributed by atoms with van der Waals surface area (Å²) in [6, 6.07) is 0. The van der Waals surface area contributed by atoms with Crippen LogP contribution >= 0.6 is 0 Å². The molecule has 1 aromatic rings. The van der Waals surface area contributed by atoms with Crippen molar-refractivity contribution >= 4 is 11.6 Å². The molecule has 1 atom stereocenters. The largest absolute Gasteiger partial charge is 0.396 e. The van der Waals surface area contributed by atoms with Gasteiger partial charge in [-0.2, -0.15) is 18.3 Å². The van der Waals surface area contributed by atoms with Crippen LogP contribution in [0.1, 0.15) is 30.3 Å². The molecule has 20 heavy (non-hydrogen) atoms. The molecule has 1 fully saturated rings. The lowest BCUT2D eigenvalue weighted by atomic mass is 9.97. The smallest absolute Gasteiger partial charge is 0.393 e. The molecule has 0 aromatic carbocycles. The third-order valence-corrected chi connectivity index (χ3v) is 3.49. The van der Waals surface area contributed by atoms with Gasteiger partial charge in [0.15, 0.2) is 5.69 Å². The summed E-state index contributed by atoms with van der Waals surface area (Å²) < 4.78 is 39.7. The Kier molecular flexibility index (Phi) is 3.92. The van der Waals surface area contributed by atoms with Crippen molar-refractivity contribution in [2.24, 2.45) is 5.92 Å². The number of likely N-dealkylation sites (tertiary alicyclic amines) is 1. The van der Waals surface area contributed by atoms with E-state index in [0.29, 0.717) is 19.5 Å². The first-order valence-electron chi connectivity index (χ1n) is 6.51. The molecule has 0 bridgehead atoms. The lowest BCUT2D eigenvalue weighted by Gasteiger charge is -2.33. The Morgan fingerprint density at radius 2 is 2.25 bits per heavy atom. The molecule has 1 aliphatic heterocycles. The van der Waals surface area contributed by atoms with Crippen LogP contribution in [0.25, 0.3) is 0 Å². The predicted octanol–water partition coefficient (Wildman–Crippen LogP) is 1.90. The number of piperidine rings is 1. The van der Waals surface area contributed by atoms with Gasteiger partial charge in [-0.3, -0.25) is 9.48 Å². The first-order chi connectivity index (χ1) is 9.32. The Labute approximate surface area is 114 Å². The number of hydrogen-bond acceptors (Lipinski definition) is 3. The van der Waals surface area contributed by atoms with E-state index >= 15 is 0 Å². The fourth-order valence-corrected chi connectivity index (χ4v) is 2.34. The Morgan fingerprint density at radius 3 is 2.80 bits per heavy atom. The van der Waals surface area contributed by atoms with Crippen LogP contribution in [-0.4, -0.2) is 39.9 Å². The number of nitrogens with two attached hydrogens (primary N) is 1. The first-order valence-corrected chi connectivity index (χ1v) is 6.51. The van der Waals surface area contributed by atoms with Gasteiger partial charge >= 0.3 is 6.18 Å². The van der Waals surface area contributed by atoms with Crippen LogP contribution < -0.4 is 5.73 Å². The maximum atomic E-state index is 12.7. The highest BCUT2D eigenvalue weighted by Crippen LogP contribution is 2.33. The molecule has 5 nitrogen and oxygen atoms in total. The second-order valence-electron chi connectivity index (χ2n) is 4.92. The highest BCUT2D eigenvalue weighted by atomic mass is 19.4. The van der Waals surface area contributed by atoms with Crippen LogP contribution in [0.2, 0.25) is 0 Å². The SMILES string of the molecule is CCn1cc(N)c(C(=O)N2CCCC(C(F)(F)F)C2)n1. The third-order valence-electron chi connectivity index (χ3n) is 3.49. The van der Waals surface area contributed by atoms with E-state index in [4.69, 9.17) is 5.73 Å². The van der Waals surface area contributed by atoms with Crippen molar-refractivity contribution in [1.29, 1.82) is 0 Å². The van der Waals surface area contributed by atoms with E-state index in [1.165, 1.54) is 15.8 Å². The molecule has 1 aromatic heterocycles. The van der Waals surface area contributed by atoms with Gasteiger partial charge in [-0.05, 0) is 19.8 Å². The molecule has 1 unspecified atom stereocenters. The highest BCUT2D eigenvalue weighted by Gasteiger charge is 2.43.